The molecule has 0 radical (unpaired) electrons. The molecule has 0 spiro atoms. The molecule has 1 N–H and O–H groups in total. The maximum absolute atomic E-state index is 12.7. The van der Waals surface area contributed by atoms with Gasteiger partial charge in [0, 0.05) is 60.1 Å². The SMILES string of the molecule is Cc1ccc(-c2cc(NC3CCN(S(=O)(=O)C4CCC4)CC3)c3cnccc3c2)cn1. The van der Waals surface area contributed by atoms with Crippen LogP contribution in [0.2, 0.25) is 0 Å². The highest BCUT2D eigenvalue weighted by molar-refractivity contribution is 7.89. The Balaban J connectivity index is 1.37. The third-order valence-corrected chi connectivity index (χ3v) is 9.05. The molecule has 3 aromatic rings. The molecule has 1 aromatic carbocycles. The molecule has 7 heteroatoms. The Kier molecular flexibility index (Phi) is 5.40. The van der Waals surface area contributed by atoms with Crippen LogP contribution in [0.15, 0.2) is 48.9 Å². The van der Waals surface area contributed by atoms with Gasteiger partial charge in [-0.3, -0.25) is 9.97 Å². The topological polar surface area (TPSA) is 75.2 Å². The zero-order valence-corrected chi connectivity index (χ0v) is 18.6. The summed E-state index contributed by atoms with van der Waals surface area (Å²) < 4.78 is 27.2. The van der Waals surface area contributed by atoms with Gasteiger partial charge in [-0.2, -0.15) is 0 Å². The number of nitrogens with one attached hydrogen (secondary N) is 1. The monoisotopic (exact) mass is 436 g/mol. The fraction of sp³-hybridized carbons (Fsp3) is 0.417. The average Bonchev–Trinajstić information content (AvgIpc) is 2.73. The largest absolute Gasteiger partial charge is 0.382 e. The minimum Gasteiger partial charge on any atom is -0.382 e. The Morgan fingerprint density at radius 2 is 1.81 bits per heavy atom. The van der Waals surface area contributed by atoms with Crippen molar-refractivity contribution in [3.05, 3.63) is 54.6 Å². The Hall–Kier alpha value is -2.51. The van der Waals surface area contributed by atoms with Crippen LogP contribution >= 0.6 is 0 Å². The molecular formula is C24H28N4O2S. The van der Waals surface area contributed by atoms with Crippen molar-refractivity contribution in [3.8, 4) is 11.1 Å². The molecule has 1 saturated heterocycles. The van der Waals surface area contributed by atoms with Crippen molar-refractivity contribution in [1.29, 1.82) is 0 Å². The number of aryl methyl sites for hydroxylation is 1. The van der Waals surface area contributed by atoms with Gasteiger partial charge in [0.05, 0.1) is 5.25 Å². The number of nitrogens with zero attached hydrogens (tertiary/aromatic N) is 3. The maximum atomic E-state index is 12.7. The molecule has 1 saturated carbocycles. The van der Waals surface area contributed by atoms with Crippen molar-refractivity contribution in [2.24, 2.45) is 0 Å². The van der Waals surface area contributed by atoms with E-state index < -0.39 is 10.0 Å². The van der Waals surface area contributed by atoms with E-state index in [0.717, 1.165) is 65.4 Å². The Morgan fingerprint density at radius 3 is 2.48 bits per heavy atom. The van der Waals surface area contributed by atoms with E-state index in [0.29, 0.717) is 13.1 Å². The summed E-state index contributed by atoms with van der Waals surface area (Å²) in [6.07, 6.45) is 9.91. The highest BCUT2D eigenvalue weighted by Gasteiger charge is 2.37. The number of hydrogen-bond donors (Lipinski definition) is 1. The maximum Gasteiger partial charge on any atom is 0.216 e. The van der Waals surface area contributed by atoms with Crippen molar-refractivity contribution in [2.75, 3.05) is 18.4 Å². The van der Waals surface area contributed by atoms with Crippen molar-refractivity contribution < 1.29 is 8.42 Å². The summed E-state index contributed by atoms with van der Waals surface area (Å²) in [5, 5.41) is 5.75. The zero-order chi connectivity index (χ0) is 21.4. The predicted octanol–water partition coefficient (Wildman–Crippen LogP) is 4.36. The Morgan fingerprint density at radius 1 is 1.00 bits per heavy atom. The fourth-order valence-electron chi connectivity index (χ4n) is 4.48. The van der Waals surface area contributed by atoms with Gasteiger partial charge in [-0.25, -0.2) is 12.7 Å². The lowest BCUT2D eigenvalue weighted by Gasteiger charge is -2.37. The van der Waals surface area contributed by atoms with Gasteiger partial charge in [0.15, 0.2) is 0 Å². The second kappa shape index (κ2) is 8.20. The van der Waals surface area contributed by atoms with E-state index >= 15 is 0 Å². The lowest BCUT2D eigenvalue weighted by molar-refractivity contribution is 0.316. The molecule has 2 fully saturated rings. The summed E-state index contributed by atoms with van der Waals surface area (Å²) in [5.41, 5.74) is 4.23. The van der Waals surface area contributed by atoms with Gasteiger partial charge in [0.1, 0.15) is 0 Å². The Labute approximate surface area is 183 Å². The van der Waals surface area contributed by atoms with Crippen LogP contribution in [0, 0.1) is 6.92 Å². The van der Waals surface area contributed by atoms with E-state index in [-0.39, 0.29) is 11.3 Å². The van der Waals surface area contributed by atoms with Crippen LogP contribution in [-0.4, -0.2) is 47.1 Å². The molecule has 1 aliphatic heterocycles. The summed E-state index contributed by atoms with van der Waals surface area (Å²) in [6.45, 7) is 3.17. The van der Waals surface area contributed by atoms with Crippen LogP contribution < -0.4 is 5.32 Å². The quantitative estimate of drug-likeness (QED) is 0.643. The molecule has 1 aliphatic carbocycles. The van der Waals surface area contributed by atoms with Crippen molar-refractivity contribution >= 4 is 26.5 Å². The van der Waals surface area contributed by atoms with E-state index in [9.17, 15) is 8.42 Å². The molecule has 31 heavy (non-hydrogen) atoms. The van der Waals surface area contributed by atoms with Crippen LogP contribution in [0.1, 0.15) is 37.8 Å². The first-order valence-corrected chi connectivity index (χ1v) is 12.6. The first-order chi connectivity index (χ1) is 15.0. The van der Waals surface area contributed by atoms with E-state index in [2.05, 4.69) is 33.5 Å². The van der Waals surface area contributed by atoms with Crippen LogP contribution in [-0.2, 0) is 10.0 Å². The second-order valence-corrected chi connectivity index (χ2v) is 10.9. The molecule has 0 atom stereocenters. The second-order valence-electron chi connectivity index (χ2n) is 8.72. The van der Waals surface area contributed by atoms with E-state index in [1.165, 1.54) is 0 Å². The summed E-state index contributed by atoms with van der Waals surface area (Å²) in [5.74, 6) is 0. The molecule has 162 valence electrons. The fourth-order valence-corrected chi connectivity index (χ4v) is 6.55. The van der Waals surface area contributed by atoms with Crippen molar-refractivity contribution in [1.82, 2.24) is 14.3 Å². The van der Waals surface area contributed by atoms with Gasteiger partial charge >= 0.3 is 0 Å². The Bertz CT molecular complexity index is 1180. The standard InChI is InChI=1S/C24H28N4O2S/c1-17-5-6-19(15-26-17)20-13-18-7-10-25-16-23(18)24(14-20)27-21-8-11-28(12-9-21)31(29,30)22-3-2-4-22/h5-7,10,13-16,21-22,27H,2-4,8-9,11-12H2,1H3. The van der Waals surface area contributed by atoms with Crippen LogP contribution in [0.25, 0.3) is 21.9 Å². The molecule has 0 bridgehead atoms. The number of aromatic nitrogens is 2. The number of piperidine rings is 1. The first kappa shape index (κ1) is 20.4. The van der Waals surface area contributed by atoms with Crippen LogP contribution in [0.3, 0.4) is 0 Å². The van der Waals surface area contributed by atoms with Gasteiger partial charge in [0.2, 0.25) is 10.0 Å². The average molecular weight is 437 g/mol. The number of benzene rings is 1. The molecule has 2 aromatic heterocycles. The highest BCUT2D eigenvalue weighted by Crippen LogP contribution is 2.33. The smallest absolute Gasteiger partial charge is 0.216 e. The molecular weight excluding hydrogens is 408 g/mol. The predicted molar refractivity (Wildman–Crippen MR) is 124 cm³/mol. The number of anilines is 1. The van der Waals surface area contributed by atoms with E-state index in [1.54, 1.807) is 4.31 Å². The van der Waals surface area contributed by atoms with Gasteiger partial charge in [-0.1, -0.05) is 12.5 Å². The summed E-state index contributed by atoms with van der Waals surface area (Å²) >= 11 is 0. The van der Waals surface area contributed by atoms with Crippen LogP contribution in [0.5, 0.6) is 0 Å². The van der Waals surface area contributed by atoms with E-state index in [1.807, 2.05) is 37.6 Å². The van der Waals surface area contributed by atoms with E-state index in [4.69, 9.17) is 0 Å². The van der Waals surface area contributed by atoms with Crippen molar-refractivity contribution in [2.45, 2.75) is 50.3 Å². The third-order valence-electron chi connectivity index (χ3n) is 6.65. The molecule has 2 aliphatic rings. The zero-order valence-electron chi connectivity index (χ0n) is 17.8. The minimum atomic E-state index is -3.11. The molecule has 0 amide bonds. The minimum absolute atomic E-state index is 0.146. The molecule has 5 rings (SSSR count). The lowest BCUT2D eigenvalue weighted by Crippen LogP contribution is -2.47. The highest BCUT2D eigenvalue weighted by atomic mass is 32.2. The van der Waals surface area contributed by atoms with Gasteiger partial charge in [-0.05, 0) is 67.8 Å². The van der Waals surface area contributed by atoms with Crippen LogP contribution in [0.4, 0.5) is 5.69 Å². The summed E-state index contributed by atoms with van der Waals surface area (Å²) in [4.78, 5) is 8.76. The number of sulfonamides is 1. The number of rotatable bonds is 5. The van der Waals surface area contributed by atoms with Crippen molar-refractivity contribution in [3.63, 3.8) is 0 Å². The number of pyridine rings is 2. The summed E-state index contributed by atoms with van der Waals surface area (Å²) in [6, 6.07) is 10.7. The molecule has 0 unspecified atom stereocenters. The first-order valence-electron chi connectivity index (χ1n) is 11.1. The summed E-state index contributed by atoms with van der Waals surface area (Å²) in [7, 11) is -3.11. The molecule has 3 heterocycles. The normalized spacial score (nSPS) is 18.7. The number of hydrogen-bond acceptors (Lipinski definition) is 5. The third kappa shape index (κ3) is 4.04. The van der Waals surface area contributed by atoms with Gasteiger partial charge in [-0.15, -0.1) is 0 Å². The molecule has 6 nitrogen and oxygen atoms in total. The lowest BCUT2D eigenvalue weighted by atomic mass is 10.00. The van der Waals surface area contributed by atoms with Gasteiger partial charge in [0.25, 0.3) is 0 Å². The number of fused-ring (bicyclic) bond motifs is 1. The van der Waals surface area contributed by atoms with Gasteiger partial charge < -0.3 is 5.32 Å².